The number of nitrogens with one attached hydrogen (secondary N) is 2. The smallest absolute Gasteiger partial charge is 0.251 e. The number of hydrogen-bond donors (Lipinski definition) is 2. The van der Waals surface area contributed by atoms with Gasteiger partial charge in [-0.3, -0.25) is 9.59 Å². The first-order valence-corrected chi connectivity index (χ1v) is 8.35. The molecule has 0 atom stereocenters. The van der Waals surface area contributed by atoms with Crippen molar-refractivity contribution >= 4 is 11.8 Å². The third-order valence-electron chi connectivity index (χ3n) is 3.87. The van der Waals surface area contributed by atoms with Crippen molar-refractivity contribution in [1.82, 2.24) is 10.6 Å². The summed E-state index contributed by atoms with van der Waals surface area (Å²) in [7, 11) is 0. The second-order valence-electron chi connectivity index (χ2n) is 6.04. The maximum absolute atomic E-state index is 12.0. The van der Waals surface area contributed by atoms with Crippen LogP contribution in [-0.2, 0) is 9.53 Å². The van der Waals surface area contributed by atoms with E-state index in [0.717, 1.165) is 24.5 Å². The van der Waals surface area contributed by atoms with Crippen LogP contribution in [0.15, 0.2) is 24.3 Å². The lowest BCUT2D eigenvalue weighted by atomic mass is 10.1. The molecule has 1 fully saturated rings. The van der Waals surface area contributed by atoms with Gasteiger partial charge in [-0.1, -0.05) is 18.2 Å². The Bertz CT molecular complexity index is 527. The molecular weight excluding hydrogens is 292 g/mol. The second-order valence-corrected chi connectivity index (χ2v) is 6.04. The molecule has 1 aliphatic carbocycles. The number of ether oxygens (including phenoxy) is 1. The van der Waals surface area contributed by atoms with E-state index in [-0.39, 0.29) is 11.8 Å². The second kappa shape index (κ2) is 9.30. The standard InChI is InChI=1S/C18H26N2O3/c1-14-5-2-3-6-16(14)18(22)20-11-9-17(21)19-10-4-12-23-13-15-7-8-15/h2-3,5-6,15H,4,7-13H2,1H3,(H,19,21)(H,20,22). The number of carbonyl (C=O) groups excluding carboxylic acids is 2. The van der Waals surface area contributed by atoms with E-state index in [1.807, 2.05) is 25.1 Å². The first-order chi connectivity index (χ1) is 11.2. The first kappa shape index (κ1) is 17.5. The molecule has 0 spiro atoms. The normalized spacial score (nSPS) is 13.6. The predicted octanol–water partition coefficient (Wildman–Crippen LogP) is 2.05. The molecule has 1 aliphatic rings. The van der Waals surface area contributed by atoms with Gasteiger partial charge < -0.3 is 15.4 Å². The van der Waals surface area contributed by atoms with E-state index in [1.165, 1.54) is 12.8 Å². The van der Waals surface area contributed by atoms with Crippen molar-refractivity contribution in [2.45, 2.75) is 32.6 Å². The van der Waals surface area contributed by atoms with Gasteiger partial charge >= 0.3 is 0 Å². The first-order valence-electron chi connectivity index (χ1n) is 8.35. The fourth-order valence-corrected chi connectivity index (χ4v) is 2.24. The molecule has 5 nitrogen and oxygen atoms in total. The van der Waals surface area contributed by atoms with E-state index in [0.29, 0.717) is 31.7 Å². The lowest BCUT2D eigenvalue weighted by Gasteiger charge is -2.08. The highest BCUT2D eigenvalue weighted by atomic mass is 16.5. The summed E-state index contributed by atoms with van der Waals surface area (Å²) in [6, 6.07) is 7.41. The van der Waals surface area contributed by atoms with Crippen LogP contribution in [0.2, 0.25) is 0 Å². The van der Waals surface area contributed by atoms with E-state index in [9.17, 15) is 9.59 Å². The minimum atomic E-state index is -0.135. The summed E-state index contributed by atoms with van der Waals surface area (Å²) in [5.74, 6) is 0.600. The molecule has 0 bridgehead atoms. The van der Waals surface area contributed by atoms with Crippen molar-refractivity contribution in [1.29, 1.82) is 0 Å². The van der Waals surface area contributed by atoms with E-state index >= 15 is 0 Å². The van der Waals surface area contributed by atoms with Gasteiger partial charge in [-0.25, -0.2) is 0 Å². The Labute approximate surface area is 137 Å². The van der Waals surface area contributed by atoms with Crippen molar-refractivity contribution in [2.75, 3.05) is 26.3 Å². The maximum atomic E-state index is 12.0. The lowest BCUT2D eigenvalue weighted by molar-refractivity contribution is -0.121. The summed E-state index contributed by atoms with van der Waals surface area (Å²) in [5, 5.41) is 5.62. The van der Waals surface area contributed by atoms with Gasteiger partial charge in [0.05, 0.1) is 0 Å². The van der Waals surface area contributed by atoms with E-state index < -0.39 is 0 Å². The van der Waals surface area contributed by atoms with Gasteiger partial charge in [0.1, 0.15) is 0 Å². The fourth-order valence-electron chi connectivity index (χ4n) is 2.24. The predicted molar refractivity (Wildman–Crippen MR) is 89.3 cm³/mol. The average molecular weight is 318 g/mol. The van der Waals surface area contributed by atoms with Crippen molar-refractivity contribution in [3.05, 3.63) is 35.4 Å². The monoisotopic (exact) mass is 318 g/mol. The fraction of sp³-hybridized carbons (Fsp3) is 0.556. The third-order valence-corrected chi connectivity index (χ3v) is 3.87. The molecule has 0 heterocycles. The minimum Gasteiger partial charge on any atom is -0.381 e. The molecule has 1 aromatic rings. The summed E-state index contributed by atoms with van der Waals surface area (Å²) in [4.78, 5) is 23.7. The molecule has 1 saturated carbocycles. The Hall–Kier alpha value is -1.88. The van der Waals surface area contributed by atoms with Gasteiger partial charge in [-0.2, -0.15) is 0 Å². The maximum Gasteiger partial charge on any atom is 0.251 e. The van der Waals surface area contributed by atoms with Gasteiger partial charge in [0.2, 0.25) is 5.91 Å². The van der Waals surface area contributed by atoms with Crippen molar-refractivity contribution in [2.24, 2.45) is 5.92 Å². The zero-order valence-electron chi connectivity index (χ0n) is 13.8. The van der Waals surface area contributed by atoms with Gasteiger partial charge in [0.25, 0.3) is 5.91 Å². The Morgan fingerprint density at radius 1 is 1.17 bits per heavy atom. The van der Waals surface area contributed by atoms with Crippen molar-refractivity contribution < 1.29 is 14.3 Å². The Morgan fingerprint density at radius 2 is 1.96 bits per heavy atom. The Morgan fingerprint density at radius 3 is 2.70 bits per heavy atom. The van der Waals surface area contributed by atoms with Crippen LogP contribution in [0, 0.1) is 12.8 Å². The summed E-state index contributed by atoms with van der Waals surface area (Å²) in [5.41, 5.74) is 1.58. The highest BCUT2D eigenvalue weighted by Crippen LogP contribution is 2.28. The highest BCUT2D eigenvalue weighted by Gasteiger charge is 2.20. The largest absolute Gasteiger partial charge is 0.381 e. The SMILES string of the molecule is Cc1ccccc1C(=O)NCCC(=O)NCCCOCC1CC1. The van der Waals surface area contributed by atoms with Crippen molar-refractivity contribution in [3.8, 4) is 0 Å². The molecule has 2 rings (SSSR count). The van der Waals surface area contributed by atoms with Gasteiger partial charge in [0.15, 0.2) is 0 Å². The van der Waals surface area contributed by atoms with Crippen LogP contribution < -0.4 is 10.6 Å². The summed E-state index contributed by atoms with van der Waals surface area (Å²) in [6.45, 7) is 4.42. The molecule has 0 aromatic heterocycles. The number of aryl methyl sites for hydroxylation is 1. The molecule has 126 valence electrons. The quantitative estimate of drug-likeness (QED) is 0.649. The molecule has 2 amide bonds. The van der Waals surface area contributed by atoms with Crippen LogP contribution >= 0.6 is 0 Å². The van der Waals surface area contributed by atoms with E-state index in [2.05, 4.69) is 10.6 Å². The molecule has 5 heteroatoms. The molecule has 1 aromatic carbocycles. The molecule has 0 radical (unpaired) electrons. The zero-order chi connectivity index (χ0) is 16.5. The lowest BCUT2D eigenvalue weighted by Crippen LogP contribution is -2.31. The topological polar surface area (TPSA) is 67.4 Å². The molecule has 0 unspecified atom stereocenters. The van der Waals surface area contributed by atoms with E-state index in [4.69, 9.17) is 4.74 Å². The van der Waals surface area contributed by atoms with Crippen LogP contribution in [0.1, 0.15) is 41.6 Å². The number of benzene rings is 1. The van der Waals surface area contributed by atoms with Gasteiger partial charge in [-0.05, 0) is 43.7 Å². The summed E-state index contributed by atoms with van der Waals surface area (Å²) < 4.78 is 5.50. The summed E-state index contributed by atoms with van der Waals surface area (Å²) in [6.07, 6.45) is 3.71. The zero-order valence-corrected chi connectivity index (χ0v) is 13.8. The number of rotatable bonds is 10. The van der Waals surface area contributed by atoms with Crippen molar-refractivity contribution in [3.63, 3.8) is 0 Å². The van der Waals surface area contributed by atoms with Crippen LogP contribution in [0.25, 0.3) is 0 Å². The third kappa shape index (κ3) is 6.82. The number of amides is 2. The van der Waals surface area contributed by atoms with Gasteiger partial charge in [0, 0.05) is 38.3 Å². The number of hydrogen-bond acceptors (Lipinski definition) is 3. The molecule has 23 heavy (non-hydrogen) atoms. The molecule has 0 saturated heterocycles. The van der Waals surface area contributed by atoms with Crippen LogP contribution in [0.4, 0.5) is 0 Å². The molecular formula is C18H26N2O3. The van der Waals surface area contributed by atoms with Crippen LogP contribution in [0.5, 0.6) is 0 Å². The number of carbonyl (C=O) groups is 2. The summed E-state index contributed by atoms with van der Waals surface area (Å²) >= 11 is 0. The minimum absolute atomic E-state index is 0.0442. The Balaban J connectivity index is 1.50. The molecule has 2 N–H and O–H groups in total. The Kier molecular flexibility index (Phi) is 7.07. The average Bonchev–Trinajstić information content (AvgIpc) is 3.35. The van der Waals surface area contributed by atoms with Crippen LogP contribution in [-0.4, -0.2) is 38.1 Å². The van der Waals surface area contributed by atoms with E-state index in [1.54, 1.807) is 6.07 Å². The van der Waals surface area contributed by atoms with Crippen LogP contribution in [0.3, 0.4) is 0 Å². The molecule has 0 aliphatic heterocycles. The van der Waals surface area contributed by atoms with Gasteiger partial charge in [-0.15, -0.1) is 0 Å². The highest BCUT2D eigenvalue weighted by molar-refractivity contribution is 5.95.